The molecule has 0 aliphatic heterocycles. The molecule has 0 amide bonds. The number of aromatic nitrogens is 1. The molecule has 1 heterocycles. The van der Waals surface area contributed by atoms with Gasteiger partial charge in [-0.05, 0) is 9.91 Å². The maximum Gasteiger partial charge on any atom is 0.372 e. The van der Waals surface area contributed by atoms with E-state index in [4.69, 9.17) is 5.11 Å². The zero-order valence-corrected chi connectivity index (χ0v) is 8.13. The van der Waals surface area contributed by atoms with Crippen molar-refractivity contribution in [3.8, 4) is 5.75 Å². The molecule has 0 aliphatic rings. The SMILES string of the molecule is O=C(O)Cc1nc([N+](=O)[O-])c(C(F)F)cc1O. The molecule has 0 fully saturated rings. The van der Waals surface area contributed by atoms with Crippen LogP contribution in [0.5, 0.6) is 5.75 Å². The van der Waals surface area contributed by atoms with Crippen molar-refractivity contribution in [3.05, 3.63) is 27.4 Å². The number of carboxylic acids is 1. The van der Waals surface area contributed by atoms with Gasteiger partial charge < -0.3 is 20.3 Å². The Hall–Kier alpha value is -2.32. The van der Waals surface area contributed by atoms with Gasteiger partial charge in [-0.3, -0.25) is 4.79 Å². The molecular formula is C8H6F2N2O5. The van der Waals surface area contributed by atoms with Crippen LogP contribution in [0.3, 0.4) is 0 Å². The summed E-state index contributed by atoms with van der Waals surface area (Å²) in [4.78, 5) is 22.8. The molecule has 2 N–H and O–H groups in total. The van der Waals surface area contributed by atoms with Gasteiger partial charge in [-0.1, -0.05) is 0 Å². The molecular weight excluding hydrogens is 242 g/mol. The second kappa shape index (κ2) is 4.68. The lowest BCUT2D eigenvalue weighted by molar-refractivity contribution is -0.391. The minimum Gasteiger partial charge on any atom is -0.504 e. The Bertz CT molecular complexity index is 477. The third-order valence-electron chi connectivity index (χ3n) is 1.81. The van der Waals surface area contributed by atoms with Gasteiger partial charge >= 0.3 is 11.8 Å². The molecule has 0 unspecified atom stereocenters. The highest BCUT2D eigenvalue weighted by Gasteiger charge is 2.28. The van der Waals surface area contributed by atoms with E-state index in [9.17, 15) is 28.8 Å². The number of aromatic hydroxyl groups is 1. The van der Waals surface area contributed by atoms with E-state index in [1.54, 1.807) is 0 Å². The summed E-state index contributed by atoms with van der Waals surface area (Å²) in [6, 6.07) is 0.452. The van der Waals surface area contributed by atoms with E-state index >= 15 is 0 Å². The van der Waals surface area contributed by atoms with Gasteiger partial charge in [0.2, 0.25) is 5.69 Å². The van der Waals surface area contributed by atoms with Crippen molar-refractivity contribution in [2.45, 2.75) is 12.8 Å². The average Bonchev–Trinajstić information content (AvgIpc) is 2.19. The molecule has 0 bridgehead atoms. The Morgan fingerprint density at radius 1 is 1.59 bits per heavy atom. The maximum atomic E-state index is 12.4. The second-order valence-electron chi connectivity index (χ2n) is 3.00. The summed E-state index contributed by atoms with van der Waals surface area (Å²) in [6.45, 7) is 0. The van der Waals surface area contributed by atoms with Gasteiger partial charge in [0.05, 0.1) is 0 Å². The molecule has 0 atom stereocenters. The first-order valence-electron chi connectivity index (χ1n) is 4.20. The van der Waals surface area contributed by atoms with Crippen LogP contribution in [0.2, 0.25) is 0 Å². The number of rotatable bonds is 4. The van der Waals surface area contributed by atoms with Gasteiger partial charge in [0, 0.05) is 6.07 Å². The van der Waals surface area contributed by atoms with E-state index in [1.807, 2.05) is 0 Å². The number of nitrogens with zero attached hydrogens (tertiary/aromatic N) is 2. The predicted octanol–water partition coefficient (Wildman–Crippen LogP) is 1.26. The monoisotopic (exact) mass is 248 g/mol. The third-order valence-corrected chi connectivity index (χ3v) is 1.81. The van der Waals surface area contributed by atoms with Crippen molar-refractivity contribution < 1.29 is 28.7 Å². The number of nitro groups is 1. The fourth-order valence-electron chi connectivity index (χ4n) is 1.12. The summed E-state index contributed by atoms with van der Waals surface area (Å²) in [5.74, 6) is -3.37. The van der Waals surface area contributed by atoms with Crippen LogP contribution in [-0.4, -0.2) is 26.1 Å². The van der Waals surface area contributed by atoms with E-state index in [2.05, 4.69) is 4.98 Å². The van der Waals surface area contributed by atoms with Crippen LogP contribution in [0.4, 0.5) is 14.6 Å². The first-order valence-corrected chi connectivity index (χ1v) is 4.20. The zero-order chi connectivity index (χ0) is 13.2. The van der Waals surface area contributed by atoms with E-state index in [0.717, 1.165) is 0 Å². The van der Waals surface area contributed by atoms with Crippen LogP contribution >= 0.6 is 0 Å². The van der Waals surface area contributed by atoms with Crippen molar-refractivity contribution in [3.63, 3.8) is 0 Å². The predicted molar refractivity (Wildman–Crippen MR) is 48.9 cm³/mol. The largest absolute Gasteiger partial charge is 0.504 e. The highest BCUT2D eigenvalue weighted by Crippen LogP contribution is 2.31. The van der Waals surface area contributed by atoms with E-state index in [0.29, 0.717) is 6.07 Å². The normalized spacial score (nSPS) is 10.5. The number of pyridine rings is 1. The summed E-state index contributed by atoms with van der Waals surface area (Å²) in [5, 5.41) is 28.1. The smallest absolute Gasteiger partial charge is 0.372 e. The molecule has 0 aliphatic carbocycles. The highest BCUT2D eigenvalue weighted by atomic mass is 19.3. The molecule has 0 spiro atoms. The molecule has 0 aromatic carbocycles. The molecule has 0 saturated heterocycles. The topological polar surface area (TPSA) is 114 Å². The molecule has 1 aromatic heterocycles. The minimum atomic E-state index is -3.19. The fraction of sp³-hybridized carbons (Fsp3) is 0.250. The van der Waals surface area contributed by atoms with Crippen LogP contribution in [-0.2, 0) is 11.2 Å². The number of alkyl halides is 2. The molecule has 92 valence electrons. The Balaban J connectivity index is 3.34. The number of aliphatic carboxylic acids is 1. The minimum absolute atomic E-state index is 0.452. The highest BCUT2D eigenvalue weighted by molar-refractivity contribution is 5.70. The standard InChI is InChI=1S/C8H6F2N2O5/c9-7(10)3-1-5(13)4(2-6(14)15)11-8(3)12(16)17/h1,7,13H,2H2,(H,14,15). The van der Waals surface area contributed by atoms with Crippen LogP contribution in [0.1, 0.15) is 17.7 Å². The average molecular weight is 248 g/mol. The zero-order valence-electron chi connectivity index (χ0n) is 8.13. The van der Waals surface area contributed by atoms with E-state index < -0.39 is 46.6 Å². The van der Waals surface area contributed by atoms with Gasteiger partial charge in [-0.25, -0.2) is 8.78 Å². The van der Waals surface area contributed by atoms with Gasteiger partial charge in [-0.2, -0.15) is 0 Å². The van der Waals surface area contributed by atoms with Crippen LogP contribution in [0.15, 0.2) is 6.07 Å². The fourth-order valence-corrected chi connectivity index (χ4v) is 1.12. The summed E-state index contributed by atoms with van der Waals surface area (Å²) >= 11 is 0. The first-order chi connectivity index (χ1) is 7.82. The van der Waals surface area contributed by atoms with Crippen LogP contribution < -0.4 is 0 Å². The van der Waals surface area contributed by atoms with Crippen molar-refractivity contribution >= 4 is 11.8 Å². The summed E-state index contributed by atoms with van der Waals surface area (Å²) in [7, 11) is 0. The Labute approximate surface area is 92.5 Å². The molecule has 9 heteroatoms. The number of carboxylic acid groups (broad SMARTS) is 1. The molecule has 0 radical (unpaired) electrons. The third kappa shape index (κ3) is 2.83. The number of hydrogen-bond donors (Lipinski definition) is 2. The Morgan fingerprint density at radius 3 is 2.59 bits per heavy atom. The van der Waals surface area contributed by atoms with E-state index in [1.165, 1.54) is 0 Å². The molecule has 1 rings (SSSR count). The van der Waals surface area contributed by atoms with Crippen LogP contribution in [0, 0.1) is 10.1 Å². The summed E-state index contributed by atoms with van der Waals surface area (Å²) in [6.07, 6.45) is -3.98. The van der Waals surface area contributed by atoms with Gasteiger partial charge in [0.1, 0.15) is 12.0 Å². The van der Waals surface area contributed by atoms with Crippen molar-refractivity contribution in [2.75, 3.05) is 0 Å². The number of carbonyl (C=O) groups is 1. The van der Waals surface area contributed by atoms with Gasteiger partial charge in [-0.15, -0.1) is 0 Å². The quantitative estimate of drug-likeness (QED) is 0.612. The molecule has 0 saturated carbocycles. The van der Waals surface area contributed by atoms with Crippen molar-refractivity contribution in [2.24, 2.45) is 0 Å². The summed E-state index contributed by atoms with van der Waals surface area (Å²) < 4.78 is 24.8. The lowest BCUT2D eigenvalue weighted by Gasteiger charge is -2.03. The van der Waals surface area contributed by atoms with Crippen molar-refractivity contribution in [1.29, 1.82) is 0 Å². The second-order valence-corrected chi connectivity index (χ2v) is 3.00. The maximum absolute atomic E-state index is 12.4. The van der Waals surface area contributed by atoms with Crippen molar-refractivity contribution in [1.82, 2.24) is 4.98 Å². The molecule has 1 aromatic rings. The number of halogens is 2. The Morgan fingerprint density at radius 2 is 2.18 bits per heavy atom. The van der Waals surface area contributed by atoms with Gasteiger partial charge in [0.15, 0.2) is 5.75 Å². The molecule has 17 heavy (non-hydrogen) atoms. The Kier molecular flexibility index (Phi) is 3.51. The number of hydrogen-bond acceptors (Lipinski definition) is 5. The van der Waals surface area contributed by atoms with E-state index in [-0.39, 0.29) is 0 Å². The first kappa shape index (κ1) is 12.7. The van der Waals surface area contributed by atoms with Crippen LogP contribution in [0.25, 0.3) is 0 Å². The molecule has 7 nitrogen and oxygen atoms in total. The lowest BCUT2D eigenvalue weighted by atomic mass is 10.2. The lowest BCUT2D eigenvalue weighted by Crippen LogP contribution is -2.07. The van der Waals surface area contributed by atoms with Gasteiger partial charge in [0.25, 0.3) is 6.43 Å². The summed E-state index contributed by atoms with van der Waals surface area (Å²) in [5.41, 5.74) is -1.59.